The Morgan fingerprint density at radius 1 is 1.16 bits per heavy atom. The molecular weight excluding hydrogens is 410 g/mol. The van der Waals surface area contributed by atoms with E-state index in [4.69, 9.17) is 0 Å². The third kappa shape index (κ3) is 6.09. The van der Waals surface area contributed by atoms with Crippen molar-refractivity contribution < 1.29 is 9.59 Å². The molecule has 0 bridgehead atoms. The Bertz CT molecular complexity index is 883. The Balaban J connectivity index is 1.61. The van der Waals surface area contributed by atoms with Crippen LogP contribution in [0.4, 0.5) is 0 Å². The van der Waals surface area contributed by atoms with E-state index in [0.717, 1.165) is 6.42 Å². The summed E-state index contributed by atoms with van der Waals surface area (Å²) in [7, 11) is 1.88. The van der Waals surface area contributed by atoms with Crippen LogP contribution in [0.15, 0.2) is 35.5 Å². The molecule has 0 aliphatic heterocycles. The fourth-order valence-electron chi connectivity index (χ4n) is 3.98. The predicted molar refractivity (Wildman–Crippen MR) is 123 cm³/mol. The molecule has 1 fully saturated rings. The van der Waals surface area contributed by atoms with E-state index in [1.807, 2.05) is 43.7 Å². The van der Waals surface area contributed by atoms with Gasteiger partial charge in [0, 0.05) is 18.7 Å². The standard InChI is InChI=1S/C23H33N5O2S/c1-15(2)20(25-22(30)17-11-6-5-7-12-17)21-26-27-23(28(21)4)31-14-19(29)24-18-13-9-8-10-16(18)3/h5-7,11-12,15-16,18,20H,8-10,13-14H2,1-4H3,(H,24,29)(H,25,30)/t16-,18+,20+/m1/s1. The van der Waals surface area contributed by atoms with Gasteiger partial charge in [0.05, 0.1) is 11.8 Å². The second-order valence-corrected chi connectivity index (χ2v) is 9.63. The highest BCUT2D eigenvalue weighted by Crippen LogP contribution is 2.26. The topological polar surface area (TPSA) is 88.9 Å². The maximum Gasteiger partial charge on any atom is 0.251 e. The number of aromatic nitrogens is 3. The van der Waals surface area contributed by atoms with Crippen LogP contribution in [0.3, 0.4) is 0 Å². The van der Waals surface area contributed by atoms with Gasteiger partial charge in [0.15, 0.2) is 11.0 Å². The Kier molecular flexibility index (Phi) is 8.12. The highest BCUT2D eigenvalue weighted by atomic mass is 32.2. The summed E-state index contributed by atoms with van der Waals surface area (Å²) in [5.41, 5.74) is 0.610. The lowest BCUT2D eigenvalue weighted by Gasteiger charge is -2.29. The summed E-state index contributed by atoms with van der Waals surface area (Å²) in [5.74, 6) is 1.54. The van der Waals surface area contributed by atoms with Crippen LogP contribution in [-0.4, -0.2) is 38.4 Å². The second-order valence-electron chi connectivity index (χ2n) is 8.69. The fraction of sp³-hybridized carbons (Fsp3) is 0.565. The van der Waals surface area contributed by atoms with Crippen LogP contribution in [0, 0.1) is 11.8 Å². The summed E-state index contributed by atoms with van der Waals surface area (Å²) in [6.07, 6.45) is 4.67. The summed E-state index contributed by atoms with van der Waals surface area (Å²) in [4.78, 5) is 25.1. The molecule has 2 amide bonds. The Morgan fingerprint density at radius 3 is 2.55 bits per heavy atom. The van der Waals surface area contributed by atoms with Crippen LogP contribution in [0.5, 0.6) is 0 Å². The maximum absolute atomic E-state index is 12.7. The zero-order valence-corrected chi connectivity index (χ0v) is 19.6. The molecular formula is C23H33N5O2S. The van der Waals surface area contributed by atoms with Crippen LogP contribution in [0.25, 0.3) is 0 Å². The summed E-state index contributed by atoms with van der Waals surface area (Å²) < 4.78 is 1.87. The first-order chi connectivity index (χ1) is 14.9. The van der Waals surface area contributed by atoms with Gasteiger partial charge in [-0.2, -0.15) is 0 Å². The van der Waals surface area contributed by atoms with E-state index in [0.29, 0.717) is 28.2 Å². The van der Waals surface area contributed by atoms with Gasteiger partial charge in [-0.3, -0.25) is 9.59 Å². The Hall–Kier alpha value is -2.35. The van der Waals surface area contributed by atoms with E-state index in [1.54, 1.807) is 12.1 Å². The van der Waals surface area contributed by atoms with E-state index in [-0.39, 0.29) is 29.8 Å². The Labute approximate surface area is 188 Å². The lowest BCUT2D eigenvalue weighted by molar-refractivity contribution is -0.119. The smallest absolute Gasteiger partial charge is 0.251 e. The van der Waals surface area contributed by atoms with Gasteiger partial charge in [-0.05, 0) is 36.8 Å². The molecule has 3 rings (SSSR count). The van der Waals surface area contributed by atoms with Crippen molar-refractivity contribution in [2.45, 2.75) is 63.7 Å². The van der Waals surface area contributed by atoms with Gasteiger partial charge in [0.25, 0.3) is 5.91 Å². The van der Waals surface area contributed by atoms with E-state index >= 15 is 0 Å². The molecule has 1 aliphatic rings. The lowest BCUT2D eigenvalue weighted by atomic mass is 9.86. The molecule has 2 N–H and O–H groups in total. The first-order valence-corrected chi connectivity index (χ1v) is 12.0. The molecule has 1 aliphatic carbocycles. The molecule has 7 nitrogen and oxygen atoms in total. The zero-order chi connectivity index (χ0) is 22.4. The van der Waals surface area contributed by atoms with Crippen LogP contribution >= 0.6 is 11.8 Å². The molecule has 31 heavy (non-hydrogen) atoms. The largest absolute Gasteiger partial charge is 0.352 e. The van der Waals surface area contributed by atoms with Gasteiger partial charge in [0.2, 0.25) is 5.91 Å². The summed E-state index contributed by atoms with van der Waals surface area (Å²) in [6, 6.07) is 9.14. The third-order valence-corrected chi connectivity index (χ3v) is 6.95. The van der Waals surface area contributed by atoms with Gasteiger partial charge in [-0.25, -0.2) is 0 Å². The SMILES string of the molecule is CC(C)[C@H](NC(=O)c1ccccc1)c1nnc(SCC(=O)N[C@H]2CCCC[C@H]2C)n1C. The van der Waals surface area contributed by atoms with Crippen LogP contribution in [-0.2, 0) is 11.8 Å². The number of hydrogen-bond acceptors (Lipinski definition) is 5. The van der Waals surface area contributed by atoms with E-state index in [9.17, 15) is 9.59 Å². The van der Waals surface area contributed by atoms with Gasteiger partial charge < -0.3 is 15.2 Å². The summed E-state index contributed by atoms with van der Waals surface area (Å²) in [5, 5.41) is 15.5. The average molecular weight is 444 g/mol. The molecule has 0 saturated heterocycles. The number of hydrogen-bond donors (Lipinski definition) is 2. The number of benzene rings is 1. The minimum atomic E-state index is -0.281. The van der Waals surface area contributed by atoms with Crippen LogP contribution in [0.1, 0.15) is 68.7 Å². The Morgan fingerprint density at radius 2 is 1.87 bits per heavy atom. The predicted octanol–water partition coefficient (Wildman–Crippen LogP) is 3.73. The number of thioether (sulfide) groups is 1. The number of rotatable bonds is 8. The number of nitrogens with zero attached hydrogens (tertiary/aromatic N) is 3. The van der Waals surface area contributed by atoms with Crippen LogP contribution in [0.2, 0.25) is 0 Å². The number of carbonyl (C=O) groups is 2. The second kappa shape index (κ2) is 10.8. The lowest BCUT2D eigenvalue weighted by Crippen LogP contribution is -2.41. The van der Waals surface area contributed by atoms with Crippen molar-refractivity contribution in [1.82, 2.24) is 25.4 Å². The summed E-state index contributed by atoms with van der Waals surface area (Å²) in [6.45, 7) is 6.29. The molecule has 3 atom stereocenters. The normalized spacial score (nSPS) is 19.8. The van der Waals surface area contributed by atoms with Crippen molar-refractivity contribution in [3.05, 3.63) is 41.7 Å². The van der Waals surface area contributed by atoms with E-state index in [1.165, 1.54) is 31.0 Å². The van der Waals surface area contributed by atoms with Crippen LogP contribution < -0.4 is 10.6 Å². The van der Waals surface area contributed by atoms with Gasteiger partial charge in [-0.15, -0.1) is 10.2 Å². The maximum atomic E-state index is 12.7. The minimum Gasteiger partial charge on any atom is -0.352 e. The monoisotopic (exact) mass is 443 g/mol. The van der Waals surface area contributed by atoms with Crippen molar-refractivity contribution in [3.8, 4) is 0 Å². The van der Waals surface area contributed by atoms with Gasteiger partial charge in [0.1, 0.15) is 0 Å². The summed E-state index contributed by atoms with van der Waals surface area (Å²) >= 11 is 1.37. The van der Waals surface area contributed by atoms with Gasteiger partial charge in [-0.1, -0.05) is 63.6 Å². The van der Waals surface area contributed by atoms with Crippen molar-refractivity contribution >= 4 is 23.6 Å². The molecule has 1 heterocycles. The molecule has 168 valence electrons. The average Bonchev–Trinajstić information content (AvgIpc) is 3.12. The van der Waals surface area contributed by atoms with Crippen molar-refractivity contribution in [1.29, 1.82) is 0 Å². The number of nitrogens with one attached hydrogen (secondary N) is 2. The molecule has 1 aromatic heterocycles. The number of carbonyl (C=O) groups excluding carboxylic acids is 2. The molecule has 2 aromatic rings. The minimum absolute atomic E-state index is 0.0334. The first-order valence-electron chi connectivity index (χ1n) is 11.0. The highest BCUT2D eigenvalue weighted by molar-refractivity contribution is 7.99. The molecule has 0 spiro atoms. The molecule has 0 unspecified atom stereocenters. The van der Waals surface area contributed by atoms with E-state index in [2.05, 4.69) is 27.8 Å². The van der Waals surface area contributed by atoms with Crippen molar-refractivity contribution in [3.63, 3.8) is 0 Å². The highest BCUT2D eigenvalue weighted by Gasteiger charge is 2.26. The van der Waals surface area contributed by atoms with E-state index < -0.39 is 0 Å². The quantitative estimate of drug-likeness (QED) is 0.607. The molecule has 1 saturated carbocycles. The molecule has 8 heteroatoms. The van der Waals surface area contributed by atoms with Crippen molar-refractivity contribution in [2.75, 3.05) is 5.75 Å². The first kappa shape index (κ1) is 23.3. The zero-order valence-electron chi connectivity index (χ0n) is 18.8. The van der Waals surface area contributed by atoms with Crippen molar-refractivity contribution in [2.24, 2.45) is 18.9 Å². The van der Waals surface area contributed by atoms with Gasteiger partial charge >= 0.3 is 0 Å². The number of amides is 2. The molecule has 1 aromatic carbocycles. The fourth-order valence-corrected chi connectivity index (χ4v) is 4.70. The third-order valence-electron chi connectivity index (χ3n) is 5.93. The molecule has 0 radical (unpaired) electrons.